The molecule has 0 radical (unpaired) electrons. The Morgan fingerprint density at radius 1 is 1.08 bits per heavy atom. The summed E-state index contributed by atoms with van der Waals surface area (Å²) in [6, 6.07) is 18.0. The number of hydrogen-bond donors (Lipinski definition) is 1. The molecule has 4 rings (SSSR count). The summed E-state index contributed by atoms with van der Waals surface area (Å²) in [5.41, 5.74) is 3.16. The minimum Gasteiger partial charge on any atom is -0.476 e. The number of hydrogen-bond acceptors (Lipinski definition) is 4. The zero-order valence-electron chi connectivity index (χ0n) is 14.5. The van der Waals surface area contributed by atoms with Crippen molar-refractivity contribution in [3.8, 4) is 5.69 Å². The number of aryl methyl sites for hydroxylation is 1. The van der Waals surface area contributed by atoms with Crippen LogP contribution in [0.5, 0.6) is 0 Å². The minimum absolute atomic E-state index is 0.000660. The Labute approximate surface area is 151 Å². The van der Waals surface area contributed by atoms with Gasteiger partial charge in [0.15, 0.2) is 5.82 Å². The standard InChI is InChI=1S/C20H20N4O2/c1-14-7-9-17(10-8-14)24-21-18(20(25)26)19(22-24)23-12-11-16(13-23)15-5-3-2-4-6-15/h2-10,16H,11-13H2,1H3,(H,25,26)/t16-/m1/s1. The smallest absolute Gasteiger partial charge is 0.360 e. The van der Waals surface area contributed by atoms with Crippen LogP contribution in [0.25, 0.3) is 5.69 Å². The van der Waals surface area contributed by atoms with Crippen molar-refractivity contribution in [2.45, 2.75) is 19.3 Å². The van der Waals surface area contributed by atoms with Crippen molar-refractivity contribution in [3.05, 3.63) is 71.4 Å². The molecule has 6 nitrogen and oxygen atoms in total. The molecule has 0 spiro atoms. The SMILES string of the molecule is Cc1ccc(-n2nc(C(=O)O)c(N3CC[C@@H](c4ccccc4)C3)n2)cc1. The van der Waals surface area contributed by atoms with Gasteiger partial charge in [0.1, 0.15) is 0 Å². The molecule has 132 valence electrons. The third kappa shape index (κ3) is 3.06. The number of aromatic carboxylic acids is 1. The lowest BCUT2D eigenvalue weighted by Crippen LogP contribution is -2.22. The van der Waals surface area contributed by atoms with Gasteiger partial charge in [0.25, 0.3) is 0 Å². The fourth-order valence-corrected chi connectivity index (χ4v) is 3.39. The van der Waals surface area contributed by atoms with Gasteiger partial charge in [-0.05, 0) is 31.0 Å². The zero-order valence-corrected chi connectivity index (χ0v) is 14.5. The summed E-state index contributed by atoms with van der Waals surface area (Å²) in [4.78, 5) is 15.1. The predicted octanol–water partition coefficient (Wildman–Crippen LogP) is 3.27. The van der Waals surface area contributed by atoms with Crippen molar-refractivity contribution in [2.75, 3.05) is 18.0 Å². The van der Waals surface area contributed by atoms with E-state index in [4.69, 9.17) is 0 Å². The van der Waals surface area contributed by atoms with E-state index in [2.05, 4.69) is 22.3 Å². The lowest BCUT2D eigenvalue weighted by molar-refractivity contribution is 0.0690. The second-order valence-corrected chi connectivity index (χ2v) is 6.64. The molecule has 1 saturated heterocycles. The minimum atomic E-state index is -1.05. The molecule has 3 aromatic rings. The molecule has 0 unspecified atom stereocenters. The highest BCUT2D eigenvalue weighted by atomic mass is 16.4. The van der Waals surface area contributed by atoms with Crippen LogP contribution in [-0.2, 0) is 0 Å². The van der Waals surface area contributed by atoms with Gasteiger partial charge in [0, 0.05) is 19.0 Å². The van der Waals surface area contributed by atoms with Gasteiger partial charge in [-0.3, -0.25) is 0 Å². The van der Waals surface area contributed by atoms with Gasteiger partial charge in [-0.25, -0.2) is 4.79 Å². The maximum atomic E-state index is 11.7. The fraction of sp³-hybridized carbons (Fsp3) is 0.250. The molecule has 0 saturated carbocycles. The molecule has 0 amide bonds. The summed E-state index contributed by atoms with van der Waals surface area (Å²) >= 11 is 0. The molecular formula is C20H20N4O2. The first-order valence-electron chi connectivity index (χ1n) is 8.69. The number of benzene rings is 2. The van der Waals surface area contributed by atoms with Gasteiger partial charge in [-0.15, -0.1) is 15.0 Å². The highest BCUT2D eigenvalue weighted by Gasteiger charge is 2.30. The Bertz CT molecular complexity index is 919. The average molecular weight is 348 g/mol. The van der Waals surface area contributed by atoms with E-state index in [0.717, 1.165) is 30.8 Å². The first kappa shape index (κ1) is 16.3. The molecule has 0 bridgehead atoms. The van der Waals surface area contributed by atoms with Crippen LogP contribution >= 0.6 is 0 Å². The first-order chi connectivity index (χ1) is 12.6. The Kier molecular flexibility index (Phi) is 4.16. The summed E-state index contributed by atoms with van der Waals surface area (Å²) in [5.74, 6) is -0.236. The number of carboxylic acids is 1. The third-order valence-corrected chi connectivity index (χ3v) is 4.82. The summed E-state index contributed by atoms with van der Waals surface area (Å²) in [5, 5.41) is 18.3. The van der Waals surface area contributed by atoms with E-state index in [1.54, 1.807) is 0 Å². The average Bonchev–Trinajstić information content (AvgIpc) is 3.30. The van der Waals surface area contributed by atoms with E-state index in [9.17, 15) is 9.90 Å². The zero-order chi connectivity index (χ0) is 18.1. The molecule has 2 aromatic carbocycles. The number of rotatable bonds is 4. The fourth-order valence-electron chi connectivity index (χ4n) is 3.39. The molecule has 1 atom stereocenters. The third-order valence-electron chi connectivity index (χ3n) is 4.82. The van der Waals surface area contributed by atoms with Crippen molar-refractivity contribution in [1.29, 1.82) is 0 Å². The van der Waals surface area contributed by atoms with E-state index in [0.29, 0.717) is 11.7 Å². The predicted molar refractivity (Wildman–Crippen MR) is 99.1 cm³/mol. The quantitative estimate of drug-likeness (QED) is 0.783. The highest BCUT2D eigenvalue weighted by Crippen LogP contribution is 2.31. The molecule has 1 aliphatic rings. The van der Waals surface area contributed by atoms with Crippen LogP contribution in [-0.4, -0.2) is 39.2 Å². The maximum absolute atomic E-state index is 11.7. The van der Waals surface area contributed by atoms with Crippen LogP contribution in [0.3, 0.4) is 0 Å². The molecule has 1 fully saturated rings. The Morgan fingerprint density at radius 3 is 2.50 bits per heavy atom. The van der Waals surface area contributed by atoms with Crippen molar-refractivity contribution in [3.63, 3.8) is 0 Å². The molecule has 26 heavy (non-hydrogen) atoms. The molecule has 0 aliphatic carbocycles. The van der Waals surface area contributed by atoms with Crippen LogP contribution in [0.15, 0.2) is 54.6 Å². The van der Waals surface area contributed by atoms with Gasteiger partial charge in [-0.2, -0.15) is 0 Å². The Morgan fingerprint density at radius 2 is 1.81 bits per heavy atom. The topological polar surface area (TPSA) is 71.2 Å². The Balaban J connectivity index is 1.64. The van der Waals surface area contributed by atoms with Crippen molar-refractivity contribution < 1.29 is 9.90 Å². The van der Waals surface area contributed by atoms with Crippen LogP contribution in [0.4, 0.5) is 5.82 Å². The summed E-state index contributed by atoms with van der Waals surface area (Å²) < 4.78 is 0. The van der Waals surface area contributed by atoms with Crippen molar-refractivity contribution >= 4 is 11.8 Å². The van der Waals surface area contributed by atoms with Gasteiger partial charge in [0.2, 0.25) is 5.69 Å². The summed E-state index contributed by atoms with van der Waals surface area (Å²) in [6.07, 6.45) is 0.973. The van der Waals surface area contributed by atoms with Crippen LogP contribution in [0.1, 0.15) is 34.0 Å². The van der Waals surface area contributed by atoms with E-state index in [1.165, 1.54) is 10.4 Å². The maximum Gasteiger partial charge on any atom is 0.360 e. The van der Waals surface area contributed by atoms with Crippen LogP contribution < -0.4 is 4.90 Å². The van der Waals surface area contributed by atoms with E-state index in [-0.39, 0.29) is 5.69 Å². The number of aromatic nitrogens is 3. The summed E-state index contributed by atoms with van der Waals surface area (Å²) in [6.45, 7) is 3.52. The highest BCUT2D eigenvalue weighted by molar-refractivity contribution is 5.91. The van der Waals surface area contributed by atoms with Gasteiger partial charge in [0.05, 0.1) is 5.69 Å². The molecule has 1 N–H and O–H groups in total. The summed E-state index contributed by atoms with van der Waals surface area (Å²) in [7, 11) is 0. The second kappa shape index (κ2) is 6.63. The molecule has 1 aliphatic heterocycles. The number of nitrogens with zero attached hydrogens (tertiary/aromatic N) is 4. The molecule has 6 heteroatoms. The van der Waals surface area contributed by atoms with Gasteiger partial charge < -0.3 is 10.0 Å². The largest absolute Gasteiger partial charge is 0.476 e. The number of carbonyl (C=O) groups is 1. The second-order valence-electron chi connectivity index (χ2n) is 6.64. The molecular weight excluding hydrogens is 328 g/mol. The van der Waals surface area contributed by atoms with E-state index in [1.807, 2.05) is 54.3 Å². The van der Waals surface area contributed by atoms with Gasteiger partial charge >= 0.3 is 5.97 Å². The Hall–Kier alpha value is -3.15. The van der Waals surface area contributed by atoms with Crippen molar-refractivity contribution in [2.24, 2.45) is 0 Å². The van der Waals surface area contributed by atoms with Crippen LogP contribution in [0, 0.1) is 6.92 Å². The van der Waals surface area contributed by atoms with E-state index >= 15 is 0 Å². The van der Waals surface area contributed by atoms with Gasteiger partial charge in [-0.1, -0.05) is 48.0 Å². The monoisotopic (exact) mass is 348 g/mol. The van der Waals surface area contributed by atoms with E-state index < -0.39 is 5.97 Å². The number of anilines is 1. The molecule has 2 heterocycles. The lowest BCUT2D eigenvalue weighted by Gasteiger charge is -2.16. The van der Waals surface area contributed by atoms with Crippen molar-refractivity contribution in [1.82, 2.24) is 15.0 Å². The first-order valence-corrected chi connectivity index (χ1v) is 8.69. The number of carboxylic acid groups (broad SMARTS) is 1. The normalized spacial score (nSPS) is 16.8. The lowest BCUT2D eigenvalue weighted by atomic mass is 9.99. The van der Waals surface area contributed by atoms with Crippen LogP contribution in [0.2, 0.25) is 0 Å². The molecule has 1 aromatic heterocycles.